The fourth-order valence-electron chi connectivity index (χ4n) is 5.88. The van der Waals surface area contributed by atoms with Gasteiger partial charge in [0.25, 0.3) is 0 Å². The lowest BCUT2D eigenvalue weighted by Crippen LogP contribution is -2.71. The van der Waals surface area contributed by atoms with E-state index in [1.165, 1.54) is 18.9 Å². The Kier molecular flexibility index (Phi) is 10.4. The summed E-state index contributed by atoms with van der Waals surface area (Å²) in [5, 5.41) is 18.3. The molecule has 0 aliphatic carbocycles. The maximum absolute atomic E-state index is 12.1. The monoisotopic (exact) mass is 666 g/mol. The van der Waals surface area contributed by atoms with E-state index in [4.69, 9.17) is 23.4 Å². The number of ether oxygens (including phenoxy) is 4. The van der Waals surface area contributed by atoms with Crippen LogP contribution in [0.2, 0.25) is 5.04 Å². The Morgan fingerprint density at radius 3 is 2.13 bits per heavy atom. The van der Waals surface area contributed by atoms with Gasteiger partial charge in [-0.25, -0.2) is 0 Å². The van der Waals surface area contributed by atoms with Gasteiger partial charge < -0.3 is 39.1 Å². The van der Waals surface area contributed by atoms with Gasteiger partial charge in [-0.05, 0) is 48.2 Å². The molecular formula is C35H46N2O7SSi. The summed E-state index contributed by atoms with van der Waals surface area (Å²) in [5.41, 5.74) is 2.07. The van der Waals surface area contributed by atoms with Crippen molar-refractivity contribution in [1.82, 2.24) is 0 Å². The molecule has 3 aromatic carbocycles. The zero-order chi connectivity index (χ0) is 33.2. The van der Waals surface area contributed by atoms with Crippen molar-refractivity contribution in [2.24, 2.45) is 0 Å². The lowest BCUT2D eigenvalue weighted by molar-refractivity contribution is -0.463. The second-order valence-electron chi connectivity index (χ2n) is 13.2. The first-order valence-electron chi connectivity index (χ1n) is 15.5. The minimum Gasteiger partial charge on any atom is -0.408 e. The van der Waals surface area contributed by atoms with Crippen molar-refractivity contribution >= 4 is 38.8 Å². The molecule has 0 radical (unpaired) electrons. The van der Waals surface area contributed by atoms with Crippen LogP contribution in [0.1, 0.15) is 45.7 Å². The predicted molar refractivity (Wildman–Crippen MR) is 184 cm³/mol. The number of amides is 1. The highest BCUT2D eigenvalue weighted by Gasteiger charge is 2.63. The highest BCUT2D eigenvalue weighted by Crippen LogP contribution is 2.50. The van der Waals surface area contributed by atoms with Gasteiger partial charge in [-0.1, -0.05) is 81.4 Å². The SMILES string of the molecule is CO[C@]1(C)O[C@@H]([C@@H](O)CNc2ccc3c(c2)NC(=O)CS3)[C@@H](C(O[SiH2]C(C)(C)C)(c2ccccc2)c2ccccc2)O[C@@]1(C)OC. The number of methoxy groups -OCH3 is 2. The molecule has 11 heteroatoms. The number of anilines is 2. The van der Waals surface area contributed by atoms with E-state index in [1.54, 1.807) is 21.0 Å². The molecule has 0 unspecified atom stereocenters. The number of thioether (sulfide) groups is 1. The van der Waals surface area contributed by atoms with Crippen molar-refractivity contribution in [1.29, 1.82) is 0 Å². The first kappa shape index (κ1) is 34.6. The number of benzene rings is 3. The van der Waals surface area contributed by atoms with Gasteiger partial charge in [-0.3, -0.25) is 4.79 Å². The third-order valence-corrected chi connectivity index (χ3v) is 11.2. The van der Waals surface area contributed by atoms with Crippen LogP contribution in [0.4, 0.5) is 11.4 Å². The van der Waals surface area contributed by atoms with Crippen LogP contribution in [-0.2, 0) is 33.8 Å². The summed E-state index contributed by atoms with van der Waals surface area (Å²) in [7, 11) is 1.87. The van der Waals surface area contributed by atoms with Crippen molar-refractivity contribution in [2.45, 2.75) is 80.0 Å². The van der Waals surface area contributed by atoms with Gasteiger partial charge in [0.05, 0.1) is 11.4 Å². The van der Waals surface area contributed by atoms with Crippen molar-refractivity contribution < 1.29 is 33.3 Å². The number of hydrogen-bond donors (Lipinski definition) is 3. The maximum atomic E-state index is 12.1. The molecule has 2 aliphatic rings. The summed E-state index contributed by atoms with van der Waals surface area (Å²) in [4.78, 5) is 13.0. The molecule has 2 aliphatic heterocycles. The molecule has 9 nitrogen and oxygen atoms in total. The van der Waals surface area contributed by atoms with Crippen LogP contribution in [0.3, 0.4) is 0 Å². The van der Waals surface area contributed by atoms with Crippen LogP contribution < -0.4 is 10.6 Å². The van der Waals surface area contributed by atoms with Crippen molar-refractivity contribution in [3.05, 3.63) is 90.0 Å². The molecule has 248 valence electrons. The van der Waals surface area contributed by atoms with Gasteiger partial charge in [0, 0.05) is 31.3 Å². The molecule has 1 fully saturated rings. The number of hydrogen-bond acceptors (Lipinski definition) is 9. The smallest absolute Gasteiger partial charge is 0.234 e. The summed E-state index contributed by atoms with van der Waals surface area (Å²) < 4.78 is 32.9. The van der Waals surface area contributed by atoms with E-state index in [0.29, 0.717) is 5.75 Å². The van der Waals surface area contributed by atoms with Gasteiger partial charge >= 0.3 is 0 Å². The van der Waals surface area contributed by atoms with Crippen LogP contribution in [0.5, 0.6) is 0 Å². The minimum atomic E-state index is -1.38. The Morgan fingerprint density at radius 1 is 0.978 bits per heavy atom. The molecule has 0 saturated carbocycles. The van der Waals surface area contributed by atoms with Gasteiger partial charge in [-0.2, -0.15) is 0 Å². The molecule has 0 spiro atoms. The van der Waals surface area contributed by atoms with Crippen molar-refractivity contribution in [2.75, 3.05) is 37.2 Å². The summed E-state index contributed by atoms with van der Waals surface area (Å²) in [6, 6.07) is 25.7. The van der Waals surface area contributed by atoms with E-state index in [1.807, 2.05) is 78.9 Å². The van der Waals surface area contributed by atoms with Gasteiger partial charge in [0.15, 0.2) is 9.76 Å². The van der Waals surface area contributed by atoms with Gasteiger partial charge in [0.1, 0.15) is 23.9 Å². The maximum Gasteiger partial charge on any atom is 0.234 e. The summed E-state index contributed by atoms with van der Waals surface area (Å²) in [6.45, 7) is 10.2. The molecule has 5 rings (SSSR count). The van der Waals surface area contributed by atoms with Crippen LogP contribution >= 0.6 is 11.8 Å². The molecular weight excluding hydrogens is 621 g/mol. The average Bonchev–Trinajstić information content (AvgIpc) is 3.05. The number of aliphatic hydroxyl groups is 1. The molecule has 2 heterocycles. The molecule has 46 heavy (non-hydrogen) atoms. The molecule has 1 amide bonds. The summed E-state index contributed by atoms with van der Waals surface area (Å²) >= 11 is 1.50. The second kappa shape index (κ2) is 13.8. The molecule has 3 aromatic rings. The van der Waals surface area contributed by atoms with E-state index in [0.717, 1.165) is 27.4 Å². The number of aliphatic hydroxyl groups excluding tert-OH is 1. The highest BCUT2D eigenvalue weighted by atomic mass is 32.2. The molecule has 0 aromatic heterocycles. The number of rotatable bonds is 11. The largest absolute Gasteiger partial charge is 0.408 e. The predicted octanol–water partition coefficient (Wildman–Crippen LogP) is 5.28. The Labute approximate surface area is 278 Å². The Morgan fingerprint density at radius 2 is 1.57 bits per heavy atom. The summed E-state index contributed by atoms with van der Waals surface area (Å²) in [6.07, 6.45) is -2.91. The standard InChI is InChI=1S/C35H46N2O7SSi/c1-32(2,3)46-44-35(23-14-10-8-11-15-23,24-16-12-9-13-17-24)31-30(42-33(4,40-6)34(5,41-7)43-31)27(38)21-36-25-18-19-28-26(20-25)37-29(39)22-45-28/h8-20,27,30-31,36,38H,21-22,46H2,1-7H3,(H,37,39)/t27-,30-,31-,33+,34+/m0/s1. The Balaban J connectivity index is 1.60. The number of nitrogens with one attached hydrogen (secondary N) is 2. The first-order chi connectivity index (χ1) is 21.8. The lowest BCUT2D eigenvalue weighted by atomic mass is 9.77. The van der Waals surface area contributed by atoms with E-state index < -0.39 is 45.3 Å². The molecule has 0 bridgehead atoms. The Hall–Kier alpha value is -2.74. The lowest BCUT2D eigenvalue weighted by Gasteiger charge is -2.57. The van der Waals surface area contributed by atoms with Crippen LogP contribution in [0.25, 0.3) is 0 Å². The number of carbonyl (C=O) groups excluding carboxylic acids is 1. The van der Waals surface area contributed by atoms with Crippen LogP contribution in [0, 0.1) is 0 Å². The van der Waals surface area contributed by atoms with Crippen molar-refractivity contribution in [3.8, 4) is 0 Å². The molecule has 5 atom stereocenters. The van der Waals surface area contributed by atoms with Gasteiger partial charge in [0.2, 0.25) is 17.5 Å². The van der Waals surface area contributed by atoms with Crippen LogP contribution in [-0.4, -0.2) is 77.2 Å². The number of fused-ring (bicyclic) bond motifs is 1. The first-order valence-corrected chi connectivity index (χ1v) is 17.8. The fraction of sp³-hybridized carbons (Fsp3) is 0.457. The van der Waals surface area contributed by atoms with Crippen molar-refractivity contribution in [3.63, 3.8) is 0 Å². The topological polar surface area (TPSA) is 108 Å². The van der Waals surface area contributed by atoms with Crippen LogP contribution in [0.15, 0.2) is 83.8 Å². The van der Waals surface area contributed by atoms with E-state index >= 15 is 0 Å². The van der Waals surface area contributed by atoms with E-state index in [9.17, 15) is 9.90 Å². The third-order valence-electron chi connectivity index (χ3n) is 8.66. The Bertz CT molecular complexity index is 1450. The molecule has 3 N–H and O–H groups in total. The molecule has 1 saturated heterocycles. The highest BCUT2D eigenvalue weighted by molar-refractivity contribution is 8.00. The minimum absolute atomic E-state index is 0.0395. The zero-order valence-corrected chi connectivity index (χ0v) is 29.9. The normalized spacial score (nSPS) is 26.0. The third kappa shape index (κ3) is 6.93. The zero-order valence-electron chi connectivity index (χ0n) is 27.7. The average molecular weight is 667 g/mol. The van der Waals surface area contributed by atoms with E-state index in [-0.39, 0.29) is 17.5 Å². The summed E-state index contributed by atoms with van der Waals surface area (Å²) in [5.74, 6) is -2.39. The number of carbonyl (C=O) groups is 1. The van der Waals surface area contributed by atoms with E-state index in [2.05, 4.69) is 31.4 Å². The second-order valence-corrected chi connectivity index (χ2v) is 16.9. The van der Waals surface area contributed by atoms with Gasteiger partial charge in [-0.15, -0.1) is 11.8 Å². The quantitative estimate of drug-likeness (QED) is 0.236. The fourth-order valence-corrected chi connectivity index (χ4v) is 7.83.